The van der Waals surface area contributed by atoms with E-state index in [0.717, 1.165) is 18.4 Å². The fourth-order valence-electron chi connectivity index (χ4n) is 2.81. The second kappa shape index (κ2) is 3.62. The van der Waals surface area contributed by atoms with E-state index in [0.29, 0.717) is 16.1 Å². The molecule has 3 rings (SSSR count). The lowest BCUT2D eigenvalue weighted by Crippen LogP contribution is -2.33. The molecule has 3 unspecified atom stereocenters. The molecule has 2 nitrogen and oxygen atoms in total. The van der Waals surface area contributed by atoms with Gasteiger partial charge in [0.05, 0.1) is 5.02 Å². The van der Waals surface area contributed by atoms with Crippen LogP contribution in [0.2, 0.25) is 10.2 Å². The molecule has 1 aliphatic heterocycles. The Labute approximate surface area is 99.0 Å². The first kappa shape index (κ1) is 9.88. The quantitative estimate of drug-likeness (QED) is 0.767. The van der Waals surface area contributed by atoms with E-state index in [-0.39, 0.29) is 0 Å². The molecule has 80 valence electrons. The van der Waals surface area contributed by atoms with E-state index >= 15 is 0 Å². The fraction of sp³-hybridized carbons (Fsp3) is 0.545. The Balaban J connectivity index is 1.85. The van der Waals surface area contributed by atoms with Crippen LogP contribution in [0, 0.1) is 11.8 Å². The van der Waals surface area contributed by atoms with Crippen molar-refractivity contribution in [2.75, 3.05) is 13.1 Å². The highest BCUT2D eigenvalue weighted by Crippen LogP contribution is 2.49. The van der Waals surface area contributed by atoms with Gasteiger partial charge in [-0.15, -0.1) is 0 Å². The minimum Gasteiger partial charge on any atom is -0.316 e. The summed E-state index contributed by atoms with van der Waals surface area (Å²) in [6.45, 7) is 2.31. The van der Waals surface area contributed by atoms with Crippen molar-refractivity contribution in [3.05, 3.63) is 28.0 Å². The van der Waals surface area contributed by atoms with Crippen molar-refractivity contribution in [2.45, 2.75) is 12.3 Å². The first-order valence-electron chi connectivity index (χ1n) is 5.27. The number of aromatic nitrogens is 1. The normalized spacial score (nSPS) is 33.6. The molecule has 1 saturated carbocycles. The molecule has 2 heterocycles. The highest BCUT2D eigenvalue weighted by molar-refractivity contribution is 6.41. The largest absolute Gasteiger partial charge is 0.316 e. The molecule has 2 aliphatic rings. The van der Waals surface area contributed by atoms with Crippen LogP contribution in [-0.4, -0.2) is 18.1 Å². The Hall–Kier alpha value is -0.310. The van der Waals surface area contributed by atoms with Crippen molar-refractivity contribution < 1.29 is 0 Å². The predicted molar refractivity (Wildman–Crippen MR) is 61.5 cm³/mol. The van der Waals surface area contributed by atoms with E-state index in [1.165, 1.54) is 18.5 Å². The third kappa shape index (κ3) is 1.55. The van der Waals surface area contributed by atoms with Crippen LogP contribution in [0.25, 0.3) is 0 Å². The van der Waals surface area contributed by atoms with Crippen molar-refractivity contribution in [1.29, 1.82) is 0 Å². The number of fused-ring (bicyclic) bond motifs is 1. The molecule has 2 fully saturated rings. The number of rotatable bonds is 1. The Morgan fingerprint density at radius 1 is 1.33 bits per heavy atom. The molecule has 1 aromatic rings. The van der Waals surface area contributed by atoms with Gasteiger partial charge in [-0.25, -0.2) is 4.98 Å². The number of nitrogens with zero attached hydrogens (tertiary/aromatic N) is 1. The first-order chi connectivity index (χ1) is 7.25. The van der Waals surface area contributed by atoms with Crippen LogP contribution < -0.4 is 5.32 Å². The second-order valence-electron chi connectivity index (χ2n) is 4.47. The minimum atomic E-state index is 0.404. The monoisotopic (exact) mass is 242 g/mol. The molecule has 1 N–H and O–H groups in total. The van der Waals surface area contributed by atoms with Crippen LogP contribution in [-0.2, 0) is 0 Å². The lowest BCUT2D eigenvalue weighted by atomic mass is 9.64. The van der Waals surface area contributed by atoms with Gasteiger partial charge in [0.25, 0.3) is 0 Å². The smallest absolute Gasteiger partial charge is 0.147 e. The Morgan fingerprint density at radius 3 is 2.93 bits per heavy atom. The summed E-state index contributed by atoms with van der Waals surface area (Å²) >= 11 is 11.8. The molecule has 3 atom stereocenters. The SMILES string of the molecule is Clc1cc(C2CC3CNCC32)cnc1Cl. The van der Waals surface area contributed by atoms with Gasteiger partial charge < -0.3 is 5.32 Å². The molecule has 4 heteroatoms. The van der Waals surface area contributed by atoms with Crippen LogP contribution in [0.1, 0.15) is 17.9 Å². The van der Waals surface area contributed by atoms with Gasteiger partial charge in [-0.05, 0) is 48.9 Å². The third-order valence-electron chi connectivity index (χ3n) is 3.71. The average molecular weight is 243 g/mol. The van der Waals surface area contributed by atoms with Crippen LogP contribution in [0.15, 0.2) is 12.3 Å². The molecule has 1 aromatic heterocycles. The van der Waals surface area contributed by atoms with E-state index < -0.39 is 0 Å². The summed E-state index contributed by atoms with van der Waals surface area (Å²) in [5.41, 5.74) is 1.24. The topological polar surface area (TPSA) is 24.9 Å². The van der Waals surface area contributed by atoms with Gasteiger partial charge in [-0.2, -0.15) is 0 Å². The summed E-state index contributed by atoms with van der Waals surface area (Å²) in [7, 11) is 0. The number of nitrogens with one attached hydrogen (secondary N) is 1. The highest BCUT2D eigenvalue weighted by Gasteiger charge is 2.44. The van der Waals surface area contributed by atoms with Crippen LogP contribution in [0.3, 0.4) is 0 Å². The van der Waals surface area contributed by atoms with Gasteiger partial charge in [0.2, 0.25) is 0 Å². The summed E-state index contributed by atoms with van der Waals surface area (Å²) in [6, 6.07) is 1.97. The lowest BCUT2D eigenvalue weighted by Gasteiger charge is -2.39. The predicted octanol–water partition coefficient (Wildman–Crippen LogP) is 2.71. The Morgan fingerprint density at radius 2 is 2.20 bits per heavy atom. The zero-order chi connectivity index (χ0) is 10.4. The van der Waals surface area contributed by atoms with Gasteiger partial charge in [0.1, 0.15) is 5.15 Å². The van der Waals surface area contributed by atoms with Gasteiger partial charge in [0, 0.05) is 6.20 Å². The molecule has 1 aliphatic carbocycles. The van der Waals surface area contributed by atoms with Gasteiger partial charge in [-0.1, -0.05) is 23.2 Å². The van der Waals surface area contributed by atoms with E-state index in [9.17, 15) is 0 Å². The van der Waals surface area contributed by atoms with E-state index in [1.54, 1.807) is 0 Å². The van der Waals surface area contributed by atoms with Crippen molar-refractivity contribution in [1.82, 2.24) is 10.3 Å². The number of hydrogen-bond donors (Lipinski definition) is 1. The molecule has 0 radical (unpaired) electrons. The maximum absolute atomic E-state index is 5.97. The lowest BCUT2D eigenvalue weighted by molar-refractivity contribution is 0.191. The molecular weight excluding hydrogens is 231 g/mol. The second-order valence-corrected chi connectivity index (χ2v) is 5.23. The summed E-state index contributed by atoms with van der Waals surface area (Å²) in [5.74, 6) is 2.28. The zero-order valence-electron chi connectivity index (χ0n) is 8.21. The number of hydrogen-bond acceptors (Lipinski definition) is 2. The van der Waals surface area contributed by atoms with Crippen LogP contribution in [0.5, 0.6) is 0 Å². The number of pyridine rings is 1. The van der Waals surface area contributed by atoms with Gasteiger partial charge >= 0.3 is 0 Å². The molecule has 0 spiro atoms. The fourth-order valence-corrected chi connectivity index (χ4v) is 3.09. The van der Waals surface area contributed by atoms with Gasteiger partial charge in [0.15, 0.2) is 0 Å². The molecule has 0 aromatic carbocycles. The maximum Gasteiger partial charge on any atom is 0.147 e. The average Bonchev–Trinajstić information content (AvgIpc) is 2.54. The zero-order valence-corrected chi connectivity index (χ0v) is 9.72. The number of halogens is 2. The van der Waals surface area contributed by atoms with Crippen LogP contribution in [0.4, 0.5) is 0 Å². The van der Waals surface area contributed by atoms with Crippen molar-refractivity contribution in [2.24, 2.45) is 11.8 Å². The van der Waals surface area contributed by atoms with Crippen molar-refractivity contribution in [3.8, 4) is 0 Å². The van der Waals surface area contributed by atoms with E-state index in [1.807, 2.05) is 12.3 Å². The van der Waals surface area contributed by atoms with Crippen LogP contribution >= 0.6 is 23.2 Å². The molecule has 0 bridgehead atoms. The summed E-state index contributed by atoms with van der Waals surface area (Å²) in [6.07, 6.45) is 3.13. The van der Waals surface area contributed by atoms with E-state index in [2.05, 4.69) is 10.3 Å². The molecular formula is C11H12Cl2N2. The maximum atomic E-state index is 5.97. The summed E-state index contributed by atoms with van der Waals surface area (Å²) < 4.78 is 0. The summed E-state index contributed by atoms with van der Waals surface area (Å²) in [5, 5.41) is 4.41. The summed E-state index contributed by atoms with van der Waals surface area (Å²) in [4.78, 5) is 4.11. The van der Waals surface area contributed by atoms with E-state index in [4.69, 9.17) is 23.2 Å². The molecule has 15 heavy (non-hydrogen) atoms. The minimum absolute atomic E-state index is 0.404. The van der Waals surface area contributed by atoms with Crippen molar-refractivity contribution in [3.63, 3.8) is 0 Å². The Bertz CT molecular complexity index is 394. The molecule has 0 amide bonds. The standard InChI is InChI=1S/C11H12Cl2N2/c12-10-2-7(4-15-11(10)13)8-1-6-3-14-5-9(6)8/h2,4,6,8-9,14H,1,3,5H2. The highest BCUT2D eigenvalue weighted by atomic mass is 35.5. The molecule has 1 saturated heterocycles. The van der Waals surface area contributed by atoms with Gasteiger partial charge in [-0.3, -0.25) is 0 Å². The first-order valence-corrected chi connectivity index (χ1v) is 6.03. The Kier molecular flexibility index (Phi) is 2.38. The third-order valence-corrected chi connectivity index (χ3v) is 4.40. The van der Waals surface area contributed by atoms with Crippen molar-refractivity contribution >= 4 is 23.2 Å².